The van der Waals surface area contributed by atoms with Crippen LogP contribution >= 0.6 is 0 Å². The highest BCUT2D eigenvalue weighted by Crippen LogP contribution is 2.29. The molecule has 0 N–H and O–H groups in total. The lowest BCUT2D eigenvalue weighted by Crippen LogP contribution is -1.90. The van der Waals surface area contributed by atoms with Crippen molar-refractivity contribution >= 4 is 5.57 Å². The minimum atomic E-state index is 0.979. The van der Waals surface area contributed by atoms with Crippen LogP contribution < -0.4 is 0 Å². The van der Waals surface area contributed by atoms with E-state index in [2.05, 4.69) is 55.1 Å². The van der Waals surface area contributed by atoms with Gasteiger partial charge in [-0.25, -0.2) is 0 Å². The number of allylic oxidation sites excluding steroid dienone is 1. The van der Waals surface area contributed by atoms with E-state index in [0.717, 1.165) is 12.8 Å². The van der Waals surface area contributed by atoms with Gasteiger partial charge in [0.15, 0.2) is 0 Å². The first-order valence-corrected chi connectivity index (χ1v) is 5.67. The summed E-state index contributed by atoms with van der Waals surface area (Å²) in [7, 11) is 0. The molecule has 2 aromatic carbocycles. The van der Waals surface area contributed by atoms with Gasteiger partial charge in [0.05, 0.1) is 0 Å². The van der Waals surface area contributed by atoms with Crippen LogP contribution in [0.25, 0.3) is 5.57 Å². The standard InChI is InChI=1S/C16H14/c1-12-10-13-6-2-3-7-14(13)11-15-8-4-5-9-16(12)15/h2-9H,1,10-11H2. The number of hydrogen-bond donors (Lipinski definition) is 0. The molecule has 0 heteroatoms. The zero-order chi connectivity index (χ0) is 11.0. The summed E-state index contributed by atoms with van der Waals surface area (Å²) < 4.78 is 0. The summed E-state index contributed by atoms with van der Waals surface area (Å²) in [5, 5.41) is 0. The van der Waals surface area contributed by atoms with Gasteiger partial charge in [0.1, 0.15) is 0 Å². The lowest BCUT2D eigenvalue weighted by Gasteiger charge is -2.05. The molecule has 0 atom stereocenters. The van der Waals surface area contributed by atoms with Gasteiger partial charge in [0.25, 0.3) is 0 Å². The Morgan fingerprint density at radius 3 is 2.00 bits per heavy atom. The Labute approximate surface area is 96.3 Å². The molecule has 2 aromatic rings. The molecule has 0 bridgehead atoms. The Morgan fingerprint density at radius 1 is 0.688 bits per heavy atom. The van der Waals surface area contributed by atoms with Gasteiger partial charge >= 0.3 is 0 Å². The van der Waals surface area contributed by atoms with E-state index in [1.54, 1.807) is 0 Å². The third-order valence-electron chi connectivity index (χ3n) is 3.30. The zero-order valence-electron chi connectivity index (χ0n) is 9.24. The summed E-state index contributed by atoms with van der Waals surface area (Å²) in [6, 6.07) is 17.3. The molecule has 0 amide bonds. The maximum Gasteiger partial charge on any atom is -0.00169 e. The summed E-state index contributed by atoms with van der Waals surface area (Å²) in [6.45, 7) is 4.21. The first-order valence-electron chi connectivity index (χ1n) is 5.67. The Hall–Kier alpha value is -1.82. The van der Waals surface area contributed by atoms with E-state index in [0.29, 0.717) is 0 Å². The molecular formula is C16H14. The van der Waals surface area contributed by atoms with Gasteiger partial charge in [-0.2, -0.15) is 0 Å². The second-order valence-corrected chi connectivity index (χ2v) is 4.38. The first kappa shape index (κ1) is 9.41. The Kier molecular flexibility index (Phi) is 2.14. The SMILES string of the molecule is C=C1Cc2ccccc2Cc2ccccc21. The summed E-state index contributed by atoms with van der Waals surface area (Å²) in [4.78, 5) is 0. The molecular weight excluding hydrogens is 192 g/mol. The summed E-state index contributed by atoms with van der Waals surface area (Å²) in [5.74, 6) is 0. The molecule has 0 heterocycles. The predicted octanol–water partition coefficient (Wildman–Crippen LogP) is 3.85. The topological polar surface area (TPSA) is 0 Å². The predicted molar refractivity (Wildman–Crippen MR) is 68.4 cm³/mol. The van der Waals surface area contributed by atoms with Crippen LogP contribution in [-0.4, -0.2) is 0 Å². The summed E-state index contributed by atoms with van der Waals surface area (Å²) in [6.07, 6.45) is 2.01. The third kappa shape index (κ3) is 1.47. The fourth-order valence-corrected chi connectivity index (χ4v) is 2.45. The summed E-state index contributed by atoms with van der Waals surface area (Å²) >= 11 is 0. The van der Waals surface area contributed by atoms with Crippen LogP contribution in [0.3, 0.4) is 0 Å². The third-order valence-corrected chi connectivity index (χ3v) is 3.30. The van der Waals surface area contributed by atoms with Gasteiger partial charge in [-0.05, 0) is 40.7 Å². The molecule has 3 rings (SSSR count). The van der Waals surface area contributed by atoms with Crippen LogP contribution in [0, 0.1) is 0 Å². The lowest BCUT2D eigenvalue weighted by molar-refractivity contribution is 1.16. The second-order valence-electron chi connectivity index (χ2n) is 4.38. The minimum absolute atomic E-state index is 0.979. The molecule has 0 fully saturated rings. The van der Waals surface area contributed by atoms with E-state index < -0.39 is 0 Å². The zero-order valence-corrected chi connectivity index (χ0v) is 9.24. The van der Waals surface area contributed by atoms with Crippen LogP contribution in [0.15, 0.2) is 55.1 Å². The van der Waals surface area contributed by atoms with Crippen molar-refractivity contribution in [1.82, 2.24) is 0 Å². The number of fused-ring (bicyclic) bond motifs is 2. The van der Waals surface area contributed by atoms with Crippen molar-refractivity contribution in [2.75, 3.05) is 0 Å². The van der Waals surface area contributed by atoms with Crippen LogP contribution in [0.5, 0.6) is 0 Å². The highest BCUT2D eigenvalue weighted by molar-refractivity contribution is 5.71. The van der Waals surface area contributed by atoms with E-state index in [4.69, 9.17) is 0 Å². The molecule has 0 saturated carbocycles. The Bertz CT molecular complexity index is 549. The van der Waals surface area contributed by atoms with Gasteiger partial charge in [0, 0.05) is 0 Å². The quantitative estimate of drug-likeness (QED) is 0.614. The molecule has 0 unspecified atom stereocenters. The van der Waals surface area contributed by atoms with E-state index in [1.165, 1.54) is 27.8 Å². The first-order chi connectivity index (χ1) is 7.84. The van der Waals surface area contributed by atoms with E-state index >= 15 is 0 Å². The largest absolute Gasteiger partial charge is 0.0949 e. The van der Waals surface area contributed by atoms with Gasteiger partial charge < -0.3 is 0 Å². The van der Waals surface area contributed by atoms with Crippen molar-refractivity contribution in [3.05, 3.63) is 77.4 Å². The highest BCUT2D eigenvalue weighted by Gasteiger charge is 2.14. The van der Waals surface area contributed by atoms with E-state index in [9.17, 15) is 0 Å². The van der Waals surface area contributed by atoms with Gasteiger partial charge in [0.2, 0.25) is 0 Å². The van der Waals surface area contributed by atoms with Crippen molar-refractivity contribution in [3.8, 4) is 0 Å². The van der Waals surface area contributed by atoms with Gasteiger partial charge in [-0.15, -0.1) is 0 Å². The minimum Gasteiger partial charge on any atom is -0.0949 e. The fraction of sp³-hybridized carbons (Fsp3) is 0.125. The molecule has 1 aliphatic rings. The second kappa shape index (κ2) is 3.64. The van der Waals surface area contributed by atoms with Crippen molar-refractivity contribution in [2.24, 2.45) is 0 Å². The van der Waals surface area contributed by atoms with Crippen LogP contribution in [0.4, 0.5) is 0 Å². The molecule has 0 nitrogen and oxygen atoms in total. The van der Waals surface area contributed by atoms with Crippen molar-refractivity contribution in [1.29, 1.82) is 0 Å². The van der Waals surface area contributed by atoms with Crippen LogP contribution in [0.2, 0.25) is 0 Å². The van der Waals surface area contributed by atoms with Crippen molar-refractivity contribution in [2.45, 2.75) is 12.8 Å². The molecule has 78 valence electrons. The molecule has 16 heavy (non-hydrogen) atoms. The average Bonchev–Trinajstić information content (AvgIpc) is 2.45. The van der Waals surface area contributed by atoms with Crippen molar-refractivity contribution < 1.29 is 0 Å². The molecule has 0 saturated heterocycles. The van der Waals surface area contributed by atoms with Crippen LogP contribution in [0.1, 0.15) is 22.3 Å². The molecule has 0 aliphatic heterocycles. The highest BCUT2D eigenvalue weighted by atomic mass is 14.2. The van der Waals surface area contributed by atoms with E-state index in [-0.39, 0.29) is 0 Å². The Balaban J connectivity index is 2.18. The van der Waals surface area contributed by atoms with Crippen LogP contribution in [-0.2, 0) is 12.8 Å². The smallest absolute Gasteiger partial charge is 0.00169 e. The molecule has 1 aliphatic carbocycles. The Morgan fingerprint density at radius 2 is 1.25 bits per heavy atom. The molecule has 0 spiro atoms. The molecule has 0 aromatic heterocycles. The lowest BCUT2D eigenvalue weighted by atomic mass is 9.99. The number of rotatable bonds is 0. The summed E-state index contributed by atoms with van der Waals surface area (Å²) in [5.41, 5.74) is 6.83. The normalized spacial score (nSPS) is 13.9. The fourth-order valence-electron chi connectivity index (χ4n) is 2.45. The maximum atomic E-state index is 4.21. The van der Waals surface area contributed by atoms with Crippen molar-refractivity contribution in [3.63, 3.8) is 0 Å². The molecule has 0 radical (unpaired) electrons. The maximum absolute atomic E-state index is 4.21. The van der Waals surface area contributed by atoms with E-state index in [1.807, 2.05) is 0 Å². The number of benzene rings is 2. The number of hydrogen-bond acceptors (Lipinski definition) is 0. The van der Waals surface area contributed by atoms with Gasteiger partial charge in [-0.1, -0.05) is 55.1 Å². The van der Waals surface area contributed by atoms with Gasteiger partial charge in [-0.3, -0.25) is 0 Å². The average molecular weight is 206 g/mol. The monoisotopic (exact) mass is 206 g/mol.